The Bertz CT molecular complexity index is 1060. The summed E-state index contributed by atoms with van der Waals surface area (Å²) in [6, 6.07) is 8.86. The minimum Gasteiger partial charge on any atom is -0.469 e. The quantitative estimate of drug-likeness (QED) is 0.255. The van der Waals surface area contributed by atoms with Gasteiger partial charge in [-0.15, -0.1) is 24.0 Å². The van der Waals surface area contributed by atoms with Gasteiger partial charge >= 0.3 is 6.18 Å². The van der Waals surface area contributed by atoms with Crippen LogP contribution in [0.1, 0.15) is 47.4 Å². The number of hydrogen-bond acceptors (Lipinski definition) is 4. The number of furan rings is 1. The maximum absolute atomic E-state index is 13.0. The summed E-state index contributed by atoms with van der Waals surface area (Å²) in [7, 11) is 0. The van der Waals surface area contributed by atoms with Crippen LogP contribution < -0.4 is 10.6 Å². The number of aryl methyl sites for hydroxylation is 2. The van der Waals surface area contributed by atoms with Crippen molar-refractivity contribution in [3.63, 3.8) is 0 Å². The summed E-state index contributed by atoms with van der Waals surface area (Å²) in [6.45, 7) is 3.34. The molecular formula is C22H26F3IN6O. The fraction of sp³-hybridized carbons (Fsp3) is 0.409. The molecule has 7 nitrogen and oxygen atoms in total. The van der Waals surface area contributed by atoms with Crippen molar-refractivity contribution in [2.24, 2.45) is 4.99 Å². The third-order valence-corrected chi connectivity index (χ3v) is 5.21. The number of nitrogens with zero attached hydrogens (tertiary/aromatic N) is 4. The van der Waals surface area contributed by atoms with Gasteiger partial charge in [0, 0.05) is 19.5 Å². The van der Waals surface area contributed by atoms with Crippen LogP contribution in [0.3, 0.4) is 0 Å². The number of hydrogen-bond donors (Lipinski definition) is 2. The normalized spacial score (nSPS) is 16.1. The molecule has 1 atom stereocenters. The van der Waals surface area contributed by atoms with Gasteiger partial charge in [-0.2, -0.15) is 18.3 Å². The van der Waals surface area contributed by atoms with Gasteiger partial charge in [-0.3, -0.25) is 0 Å². The highest BCUT2D eigenvalue weighted by molar-refractivity contribution is 14.0. The van der Waals surface area contributed by atoms with Crippen LogP contribution in [0.15, 0.2) is 52.1 Å². The molecule has 0 fully saturated rings. The van der Waals surface area contributed by atoms with Crippen LogP contribution >= 0.6 is 24.0 Å². The molecule has 33 heavy (non-hydrogen) atoms. The molecule has 2 N–H and O–H groups in total. The highest BCUT2D eigenvalue weighted by Gasteiger charge is 2.30. The van der Waals surface area contributed by atoms with Gasteiger partial charge < -0.3 is 15.1 Å². The molecule has 0 amide bonds. The Hall–Kier alpha value is -2.57. The molecule has 0 radical (unpaired) electrons. The molecule has 1 aliphatic heterocycles. The molecule has 0 saturated carbocycles. The van der Waals surface area contributed by atoms with E-state index in [0.717, 1.165) is 43.1 Å². The molecule has 1 aliphatic rings. The highest BCUT2D eigenvalue weighted by Crippen LogP contribution is 2.29. The molecule has 0 spiro atoms. The zero-order valence-corrected chi connectivity index (χ0v) is 20.4. The molecule has 3 aromatic rings. The molecule has 0 bridgehead atoms. The molecule has 4 rings (SSSR count). The van der Waals surface area contributed by atoms with Crippen LogP contribution in [0.25, 0.3) is 0 Å². The van der Waals surface area contributed by atoms with E-state index in [1.54, 1.807) is 12.3 Å². The lowest BCUT2D eigenvalue weighted by atomic mass is 10.1. The molecule has 11 heteroatoms. The van der Waals surface area contributed by atoms with Crippen molar-refractivity contribution in [1.29, 1.82) is 0 Å². The van der Waals surface area contributed by atoms with Gasteiger partial charge in [0.05, 0.1) is 24.4 Å². The molecule has 0 aliphatic carbocycles. The van der Waals surface area contributed by atoms with Crippen molar-refractivity contribution in [2.45, 2.75) is 51.5 Å². The van der Waals surface area contributed by atoms with Gasteiger partial charge in [0.1, 0.15) is 17.4 Å². The van der Waals surface area contributed by atoms with Gasteiger partial charge in [-0.25, -0.2) is 14.7 Å². The van der Waals surface area contributed by atoms with Gasteiger partial charge in [-0.05, 0) is 49.6 Å². The molecule has 178 valence electrons. The van der Waals surface area contributed by atoms with Crippen molar-refractivity contribution in [2.75, 3.05) is 6.54 Å². The number of aromatic nitrogens is 3. The third-order valence-electron chi connectivity index (χ3n) is 5.21. The molecular weight excluding hydrogens is 548 g/mol. The smallest absolute Gasteiger partial charge is 0.416 e. The van der Waals surface area contributed by atoms with Crippen LogP contribution in [0.5, 0.6) is 0 Å². The number of alkyl halides is 3. The Labute approximate surface area is 206 Å². The zero-order chi connectivity index (χ0) is 22.6. The number of guanidine groups is 1. The largest absolute Gasteiger partial charge is 0.469 e. The van der Waals surface area contributed by atoms with E-state index in [-0.39, 0.29) is 36.6 Å². The second-order valence-corrected chi connectivity index (χ2v) is 7.70. The Kier molecular flexibility index (Phi) is 8.38. The summed E-state index contributed by atoms with van der Waals surface area (Å²) in [5, 5.41) is 11.1. The number of benzene rings is 1. The molecule has 2 aromatic heterocycles. The first kappa shape index (κ1) is 25.1. The Morgan fingerprint density at radius 1 is 1.27 bits per heavy atom. The average molecular weight is 574 g/mol. The van der Waals surface area contributed by atoms with Crippen LogP contribution in [-0.2, 0) is 25.7 Å². The standard InChI is InChI=1S/C22H25F3N6O.HI/c1-15-28-20-19(8-3-11-31(20)30-15)29-21(26-10-9-18-7-4-12-32-18)27-14-16-5-2-6-17(13-16)22(23,24)25;/h2,4-7,12-13,19H,3,8-11,14H2,1H3,(H2,26,27,29);1H. The number of halogens is 4. The lowest BCUT2D eigenvalue weighted by Gasteiger charge is -2.25. The molecule has 1 aromatic carbocycles. The summed E-state index contributed by atoms with van der Waals surface area (Å²) in [4.78, 5) is 9.08. The molecule has 0 saturated heterocycles. The van der Waals surface area contributed by atoms with Crippen molar-refractivity contribution in [3.8, 4) is 0 Å². The second kappa shape index (κ2) is 11.0. The van der Waals surface area contributed by atoms with Gasteiger partial charge in [0.2, 0.25) is 0 Å². The second-order valence-electron chi connectivity index (χ2n) is 7.70. The van der Waals surface area contributed by atoms with E-state index in [2.05, 4.69) is 25.7 Å². The summed E-state index contributed by atoms with van der Waals surface area (Å²) >= 11 is 0. The van der Waals surface area contributed by atoms with E-state index in [0.29, 0.717) is 30.3 Å². The summed E-state index contributed by atoms with van der Waals surface area (Å²) in [5.41, 5.74) is -0.198. The SMILES string of the molecule is Cc1nc2n(n1)CCCC2NC(=NCc1cccc(C(F)(F)F)c1)NCCc1ccco1.I. The lowest BCUT2D eigenvalue weighted by molar-refractivity contribution is -0.137. The maximum Gasteiger partial charge on any atom is 0.416 e. The summed E-state index contributed by atoms with van der Waals surface area (Å²) in [5.74, 6) is 2.89. The Balaban J connectivity index is 0.00000306. The number of rotatable bonds is 6. The fourth-order valence-electron chi connectivity index (χ4n) is 3.70. The van der Waals surface area contributed by atoms with Gasteiger partial charge in [0.15, 0.2) is 5.96 Å². The molecule has 3 heterocycles. The van der Waals surface area contributed by atoms with E-state index in [1.807, 2.05) is 23.7 Å². The first-order valence-electron chi connectivity index (χ1n) is 10.5. The zero-order valence-electron chi connectivity index (χ0n) is 18.1. The minimum absolute atomic E-state index is 0. The van der Waals surface area contributed by atoms with Gasteiger partial charge in [-0.1, -0.05) is 12.1 Å². The third kappa shape index (κ3) is 6.71. The van der Waals surface area contributed by atoms with Gasteiger partial charge in [0.25, 0.3) is 0 Å². The van der Waals surface area contributed by atoms with Crippen molar-refractivity contribution in [1.82, 2.24) is 25.4 Å². The topological polar surface area (TPSA) is 80.3 Å². The predicted molar refractivity (Wildman–Crippen MR) is 128 cm³/mol. The predicted octanol–water partition coefficient (Wildman–Crippen LogP) is 4.63. The van der Waals surface area contributed by atoms with E-state index >= 15 is 0 Å². The first-order chi connectivity index (χ1) is 15.4. The number of aliphatic imine (C=N–C) groups is 1. The monoisotopic (exact) mass is 574 g/mol. The summed E-state index contributed by atoms with van der Waals surface area (Å²) in [6.07, 6.45) is -0.307. The highest BCUT2D eigenvalue weighted by atomic mass is 127. The van der Waals surface area contributed by atoms with E-state index < -0.39 is 11.7 Å². The van der Waals surface area contributed by atoms with Crippen molar-refractivity contribution < 1.29 is 17.6 Å². The van der Waals surface area contributed by atoms with E-state index in [4.69, 9.17) is 4.42 Å². The van der Waals surface area contributed by atoms with Crippen LogP contribution in [0, 0.1) is 6.92 Å². The van der Waals surface area contributed by atoms with Crippen LogP contribution in [0.2, 0.25) is 0 Å². The van der Waals surface area contributed by atoms with Crippen LogP contribution in [-0.4, -0.2) is 27.3 Å². The van der Waals surface area contributed by atoms with E-state index in [9.17, 15) is 13.2 Å². The Morgan fingerprint density at radius 3 is 2.88 bits per heavy atom. The minimum atomic E-state index is -4.38. The summed E-state index contributed by atoms with van der Waals surface area (Å²) < 4.78 is 46.4. The molecule has 1 unspecified atom stereocenters. The number of fused-ring (bicyclic) bond motifs is 1. The Morgan fingerprint density at radius 2 is 2.12 bits per heavy atom. The number of nitrogens with one attached hydrogen (secondary N) is 2. The average Bonchev–Trinajstić information content (AvgIpc) is 3.40. The van der Waals surface area contributed by atoms with Crippen molar-refractivity contribution in [3.05, 3.63) is 71.2 Å². The van der Waals surface area contributed by atoms with Crippen molar-refractivity contribution >= 4 is 29.9 Å². The van der Waals surface area contributed by atoms with E-state index in [1.165, 1.54) is 6.07 Å². The maximum atomic E-state index is 13.0. The lowest BCUT2D eigenvalue weighted by Crippen LogP contribution is -2.42. The van der Waals surface area contributed by atoms with Crippen LogP contribution in [0.4, 0.5) is 13.2 Å². The first-order valence-corrected chi connectivity index (χ1v) is 10.5. The fourth-order valence-corrected chi connectivity index (χ4v) is 3.70.